The summed E-state index contributed by atoms with van der Waals surface area (Å²) in [5, 5.41) is 11.0. The van der Waals surface area contributed by atoms with Crippen molar-refractivity contribution in [2.45, 2.75) is 6.42 Å². The van der Waals surface area contributed by atoms with Crippen LogP contribution >= 0.6 is 0 Å². The standard InChI is InChI=1S/C15H16N2O2/c1-16(12-11-13-7-3-2-4-8-13)14-9-5-6-10-15(14)17(18)19/h2-10H,11-12H2,1H3. The summed E-state index contributed by atoms with van der Waals surface area (Å²) in [6.45, 7) is 0.745. The van der Waals surface area contributed by atoms with Crippen LogP contribution in [0.4, 0.5) is 11.4 Å². The van der Waals surface area contributed by atoms with E-state index in [0.717, 1.165) is 13.0 Å². The summed E-state index contributed by atoms with van der Waals surface area (Å²) < 4.78 is 0. The molecule has 2 rings (SSSR count). The molecule has 0 heterocycles. The highest BCUT2D eigenvalue weighted by Gasteiger charge is 2.15. The van der Waals surface area contributed by atoms with Crippen LogP contribution in [0, 0.1) is 10.1 Å². The quantitative estimate of drug-likeness (QED) is 0.609. The van der Waals surface area contributed by atoms with Gasteiger partial charge in [-0.25, -0.2) is 0 Å². The molecule has 0 saturated heterocycles. The van der Waals surface area contributed by atoms with Crippen molar-refractivity contribution in [3.05, 3.63) is 70.3 Å². The van der Waals surface area contributed by atoms with Crippen molar-refractivity contribution >= 4 is 11.4 Å². The highest BCUT2D eigenvalue weighted by atomic mass is 16.6. The Hall–Kier alpha value is -2.36. The number of nitrogens with zero attached hydrogens (tertiary/aromatic N) is 2. The average molecular weight is 256 g/mol. The van der Waals surface area contributed by atoms with E-state index in [4.69, 9.17) is 0 Å². The summed E-state index contributed by atoms with van der Waals surface area (Å²) in [6.07, 6.45) is 0.864. The molecule has 0 aliphatic carbocycles. The largest absolute Gasteiger partial charge is 0.369 e. The summed E-state index contributed by atoms with van der Waals surface area (Å²) in [5.41, 5.74) is 2.04. The molecular weight excluding hydrogens is 240 g/mol. The number of rotatable bonds is 5. The number of anilines is 1. The maximum atomic E-state index is 11.0. The van der Waals surface area contributed by atoms with Gasteiger partial charge in [-0.3, -0.25) is 10.1 Å². The molecule has 0 spiro atoms. The minimum absolute atomic E-state index is 0.151. The van der Waals surface area contributed by atoms with E-state index in [9.17, 15) is 10.1 Å². The number of benzene rings is 2. The van der Waals surface area contributed by atoms with Gasteiger partial charge in [0, 0.05) is 19.7 Å². The van der Waals surface area contributed by atoms with Crippen molar-refractivity contribution in [2.75, 3.05) is 18.5 Å². The van der Waals surface area contributed by atoms with Crippen molar-refractivity contribution < 1.29 is 4.92 Å². The fraction of sp³-hybridized carbons (Fsp3) is 0.200. The van der Waals surface area contributed by atoms with Gasteiger partial charge < -0.3 is 4.90 Å². The molecule has 0 aliphatic heterocycles. The van der Waals surface area contributed by atoms with E-state index in [0.29, 0.717) is 5.69 Å². The van der Waals surface area contributed by atoms with Crippen LogP contribution < -0.4 is 4.90 Å². The topological polar surface area (TPSA) is 46.4 Å². The first kappa shape index (κ1) is 13.1. The van der Waals surface area contributed by atoms with E-state index in [1.165, 1.54) is 11.6 Å². The molecule has 0 saturated carbocycles. The predicted octanol–water partition coefficient (Wildman–Crippen LogP) is 3.27. The van der Waals surface area contributed by atoms with Crippen LogP contribution in [0.2, 0.25) is 0 Å². The van der Waals surface area contributed by atoms with Gasteiger partial charge in [0.05, 0.1) is 4.92 Å². The van der Waals surface area contributed by atoms with Gasteiger partial charge in [0.2, 0.25) is 0 Å². The van der Waals surface area contributed by atoms with Crippen molar-refractivity contribution in [1.29, 1.82) is 0 Å². The van der Waals surface area contributed by atoms with E-state index < -0.39 is 0 Å². The highest BCUT2D eigenvalue weighted by molar-refractivity contribution is 5.62. The van der Waals surface area contributed by atoms with Gasteiger partial charge >= 0.3 is 0 Å². The van der Waals surface area contributed by atoms with Gasteiger partial charge in [-0.15, -0.1) is 0 Å². The van der Waals surface area contributed by atoms with Crippen LogP contribution in [0.3, 0.4) is 0 Å². The van der Waals surface area contributed by atoms with Crippen molar-refractivity contribution in [2.24, 2.45) is 0 Å². The first-order valence-electron chi connectivity index (χ1n) is 6.17. The highest BCUT2D eigenvalue weighted by Crippen LogP contribution is 2.26. The molecule has 0 N–H and O–H groups in total. The third-order valence-electron chi connectivity index (χ3n) is 3.07. The van der Waals surface area contributed by atoms with Crippen molar-refractivity contribution in [3.63, 3.8) is 0 Å². The first-order valence-corrected chi connectivity index (χ1v) is 6.17. The molecule has 2 aromatic carbocycles. The van der Waals surface area contributed by atoms with Crippen LogP contribution in [-0.4, -0.2) is 18.5 Å². The average Bonchev–Trinajstić information content (AvgIpc) is 2.46. The zero-order valence-corrected chi connectivity index (χ0v) is 10.8. The van der Waals surface area contributed by atoms with Crippen LogP contribution in [0.25, 0.3) is 0 Å². The Balaban J connectivity index is 2.08. The molecule has 0 radical (unpaired) electrons. The van der Waals surface area contributed by atoms with Gasteiger partial charge in [0.25, 0.3) is 5.69 Å². The van der Waals surface area contributed by atoms with Gasteiger partial charge in [-0.2, -0.15) is 0 Å². The molecule has 0 aliphatic rings. The zero-order valence-electron chi connectivity index (χ0n) is 10.8. The second-order valence-electron chi connectivity index (χ2n) is 4.40. The number of hydrogen-bond acceptors (Lipinski definition) is 3. The monoisotopic (exact) mass is 256 g/mol. The smallest absolute Gasteiger partial charge is 0.292 e. The number of hydrogen-bond donors (Lipinski definition) is 0. The normalized spacial score (nSPS) is 10.2. The fourth-order valence-corrected chi connectivity index (χ4v) is 2.00. The molecule has 4 nitrogen and oxygen atoms in total. The summed E-state index contributed by atoms with van der Waals surface area (Å²) in [6, 6.07) is 16.9. The van der Waals surface area contributed by atoms with Gasteiger partial charge in [0.1, 0.15) is 5.69 Å². The van der Waals surface area contributed by atoms with Crippen LogP contribution in [0.15, 0.2) is 54.6 Å². The lowest BCUT2D eigenvalue weighted by atomic mass is 10.1. The van der Waals surface area contributed by atoms with Crippen LogP contribution in [0.1, 0.15) is 5.56 Å². The van der Waals surface area contributed by atoms with Crippen molar-refractivity contribution in [3.8, 4) is 0 Å². The summed E-state index contributed by atoms with van der Waals surface area (Å²) in [5.74, 6) is 0. The molecule has 19 heavy (non-hydrogen) atoms. The van der Waals surface area contributed by atoms with E-state index >= 15 is 0 Å². The van der Waals surface area contributed by atoms with Gasteiger partial charge in [-0.1, -0.05) is 42.5 Å². The lowest BCUT2D eigenvalue weighted by molar-refractivity contribution is -0.384. The lowest BCUT2D eigenvalue weighted by Crippen LogP contribution is -2.21. The maximum absolute atomic E-state index is 11.0. The summed E-state index contributed by atoms with van der Waals surface area (Å²) >= 11 is 0. The van der Waals surface area contributed by atoms with E-state index in [2.05, 4.69) is 12.1 Å². The Bertz CT molecular complexity index is 555. The molecule has 2 aromatic rings. The molecule has 0 atom stereocenters. The minimum atomic E-state index is -0.339. The third-order valence-corrected chi connectivity index (χ3v) is 3.07. The second-order valence-corrected chi connectivity index (χ2v) is 4.40. The Labute approximate surface area is 112 Å². The van der Waals surface area contributed by atoms with E-state index in [1.807, 2.05) is 36.2 Å². The Kier molecular flexibility index (Phi) is 4.13. The third kappa shape index (κ3) is 3.31. The number of likely N-dealkylation sites (N-methyl/N-ethyl adjacent to an activating group) is 1. The van der Waals surface area contributed by atoms with Crippen molar-refractivity contribution in [1.82, 2.24) is 0 Å². The molecule has 0 unspecified atom stereocenters. The predicted molar refractivity (Wildman–Crippen MR) is 76.5 cm³/mol. The zero-order chi connectivity index (χ0) is 13.7. The molecule has 0 bridgehead atoms. The minimum Gasteiger partial charge on any atom is -0.369 e. The molecule has 98 valence electrons. The summed E-state index contributed by atoms with van der Waals surface area (Å²) in [4.78, 5) is 12.6. The van der Waals surface area contributed by atoms with Crippen LogP contribution in [0.5, 0.6) is 0 Å². The Morgan fingerprint density at radius 1 is 1.05 bits per heavy atom. The Morgan fingerprint density at radius 2 is 1.68 bits per heavy atom. The lowest BCUT2D eigenvalue weighted by Gasteiger charge is -2.19. The fourth-order valence-electron chi connectivity index (χ4n) is 2.00. The molecule has 0 amide bonds. The van der Waals surface area contributed by atoms with Crippen LogP contribution in [-0.2, 0) is 6.42 Å². The molecule has 0 aromatic heterocycles. The number of nitro benzene ring substituents is 1. The van der Waals surface area contributed by atoms with Gasteiger partial charge in [0.15, 0.2) is 0 Å². The van der Waals surface area contributed by atoms with Gasteiger partial charge in [-0.05, 0) is 18.1 Å². The molecular formula is C15H16N2O2. The SMILES string of the molecule is CN(CCc1ccccc1)c1ccccc1[N+](=O)[O-]. The second kappa shape index (κ2) is 6.00. The van der Waals surface area contributed by atoms with E-state index in [1.54, 1.807) is 12.1 Å². The maximum Gasteiger partial charge on any atom is 0.292 e. The Morgan fingerprint density at radius 3 is 2.37 bits per heavy atom. The number of para-hydroxylation sites is 2. The number of nitro groups is 1. The molecule has 0 fully saturated rings. The molecule has 4 heteroatoms. The summed E-state index contributed by atoms with van der Waals surface area (Å²) in [7, 11) is 1.88. The first-order chi connectivity index (χ1) is 9.18. The van der Waals surface area contributed by atoms with E-state index in [-0.39, 0.29) is 10.6 Å².